The largest absolute Gasteiger partial charge is 0.487 e. The van der Waals surface area contributed by atoms with Gasteiger partial charge in [0.05, 0.1) is 12.7 Å². The van der Waals surface area contributed by atoms with E-state index in [2.05, 4.69) is 26.2 Å². The first-order valence-corrected chi connectivity index (χ1v) is 7.84. The molecule has 0 saturated heterocycles. The standard InChI is InChI=1S/C17H14BrN3O2/c18-15-5-1-13(2-6-15)9-21-10-16(19-20-21)12-23-17-7-3-14(11-22)4-8-17/h1-8,10-11H,9,12H2. The molecule has 0 aliphatic carbocycles. The molecule has 23 heavy (non-hydrogen) atoms. The van der Waals surface area contributed by atoms with Gasteiger partial charge in [0.25, 0.3) is 0 Å². The Bertz CT molecular complexity index is 782. The van der Waals surface area contributed by atoms with Crippen molar-refractivity contribution in [3.8, 4) is 5.75 Å². The van der Waals surface area contributed by atoms with Crippen LogP contribution in [0.5, 0.6) is 5.75 Å². The molecule has 0 spiro atoms. The monoisotopic (exact) mass is 371 g/mol. The van der Waals surface area contributed by atoms with E-state index in [0.717, 1.165) is 22.0 Å². The van der Waals surface area contributed by atoms with E-state index in [1.54, 1.807) is 28.9 Å². The summed E-state index contributed by atoms with van der Waals surface area (Å²) in [7, 11) is 0. The van der Waals surface area contributed by atoms with Crippen molar-refractivity contribution in [1.82, 2.24) is 15.0 Å². The maximum absolute atomic E-state index is 10.6. The Labute approximate surface area is 142 Å². The van der Waals surface area contributed by atoms with Gasteiger partial charge in [-0.05, 0) is 42.0 Å². The maximum atomic E-state index is 10.6. The van der Waals surface area contributed by atoms with Gasteiger partial charge in [-0.1, -0.05) is 33.3 Å². The molecule has 0 saturated carbocycles. The average molecular weight is 372 g/mol. The van der Waals surface area contributed by atoms with Crippen molar-refractivity contribution in [1.29, 1.82) is 0 Å². The number of hydrogen-bond donors (Lipinski definition) is 0. The summed E-state index contributed by atoms with van der Waals surface area (Å²) in [6, 6.07) is 15.0. The molecule has 0 unspecified atom stereocenters. The number of benzene rings is 2. The Hall–Kier alpha value is -2.47. The van der Waals surface area contributed by atoms with Gasteiger partial charge < -0.3 is 4.74 Å². The molecule has 116 valence electrons. The molecular weight excluding hydrogens is 358 g/mol. The van der Waals surface area contributed by atoms with Crippen molar-refractivity contribution < 1.29 is 9.53 Å². The molecule has 5 nitrogen and oxygen atoms in total. The summed E-state index contributed by atoms with van der Waals surface area (Å²) in [4.78, 5) is 10.6. The van der Waals surface area contributed by atoms with Crippen LogP contribution in [0.4, 0.5) is 0 Å². The number of hydrogen-bond acceptors (Lipinski definition) is 4. The lowest BCUT2D eigenvalue weighted by atomic mass is 10.2. The molecule has 3 rings (SSSR count). The average Bonchev–Trinajstić information content (AvgIpc) is 3.03. The summed E-state index contributed by atoms with van der Waals surface area (Å²) < 4.78 is 8.46. The number of nitrogens with zero attached hydrogens (tertiary/aromatic N) is 3. The third-order valence-corrected chi connectivity index (χ3v) is 3.78. The lowest BCUT2D eigenvalue weighted by molar-refractivity contribution is 0.112. The van der Waals surface area contributed by atoms with Crippen LogP contribution in [0, 0.1) is 0 Å². The minimum atomic E-state index is 0.334. The van der Waals surface area contributed by atoms with Crippen molar-refractivity contribution in [2.24, 2.45) is 0 Å². The third kappa shape index (κ3) is 4.26. The Morgan fingerprint density at radius 3 is 2.52 bits per heavy atom. The second kappa shape index (κ2) is 7.19. The smallest absolute Gasteiger partial charge is 0.150 e. The first kappa shape index (κ1) is 15.4. The zero-order valence-electron chi connectivity index (χ0n) is 12.2. The van der Waals surface area contributed by atoms with E-state index in [4.69, 9.17) is 4.74 Å². The number of aldehydes is 1. The van der Waals surface area contributed by atoms with Gasteiger partial charge >= 0.3 is 0 Å². The maximum Gasteiger partial charge on any atom is 0.150 e. The minimum absolute atomic E-state index is 0.334. The molecule has 1 heterocycles. The van der Waals surface area contributed by atoms with Crippen LogP contribution in [-0.2, 0) is 13.2 Å². The first-order valence-electron chi connectivity index (χ1n) is 7.04. The highest BCUT2D eigenvalue weighted by molar-refractivity contribution is 9.10. The van der Waals surface area contributed by atoms with Gasteiger partial charge in [-0.25, -0.2) is 4.68 Å². The second-order valence-electron chi connectivity index (χ2n) is 5.01. The number of ether oxygens (including phenoxy) is 1. The van der Waals surface area contributed by atoms with Gasteiger partial charge in [-0.3, -0.25) is 4.79 Å². The lowest BCUT2D eigenvalue weighted by Gasteiger charge is -2.03. The van der Waals surface area contributed by atoms with E-state index >= 15 is 0 Å². The molecule has 0 radical (unpaired) electrons. The fraction of sp³-hybridized carbons (Fsp3) is 0.118. The molecular formula is C17H14BrN3O2. The highest BCUT2D eigenvalue weighted by Gasteiger charge is 2.03. The molecule has 1 aromatic heterocycles. The Balaban J connectivity index is 1.58. The predicted octanol–water partition coefficient (Wildman–Crippen LogP) is 3.48. The van der Waals surface area contributed by atoms with E-state index in [1.807, 2.05) is 30.5 Å². The molecule has 0 fully saturated rings. The third-order valence-electron chi connectivity index (χ3n) is 3.25. The summed E-state index contributed by atoms with van der Waals surface area (Å²) in [6.07, 6.45) is 2.67. The molecule has 0 aliphatic heterocycles. The lowest BCUT2D eigenvalue weighted by Crippen LogP contribution is -2.00. The van der Waals surface area contributed by atoms with Gasteiger partial charge in [0, 0.05) is 10.0 Å². The number of rotatable bonds is 6. The van der Waals surface area contributed by atoms with Gasteiger partial charge in [-0.2, -0.15) is 0 Å². The number of carbonyl (C=O) groups is 1. The van der Waals surface area contributed by atoms with Gasteiger partial charge in [0.1, 0.15) is 24.3 Å². The zero-order valence-corrected chi connectivity index (χ0v) is 13.8. The molecule has 0 N–H and O–H groups in total. The molecule has 6 heteroatoms. The summed E-state index contributed by atoms with van der Waals surface area (Å²) in [5, 5.41) is 8.20. The molecule has 0 amide bonds. The first-order chi connectivity index (χ1) is 11.2. The molecule has 0 aliphatic rings. The van der Waals surface area contributed by atoms with E-state index in [-0.39, 0.29) is 0 Å². The van der Waals surface area contributed by atoms with Crippen LogP contribution < -0.4 is 4.74 Å². The quantitative estimate of drug-likeness (QED) is 0.622. The summed E-state index contributed by atoms with van der Waals surface area (Å²) in [5.74, 6) is 0.693. The van der Waals surface area contributed by atoms with Crippen LogP contribution in [0.3, 0.4) is 0 Å². The van der Waals surface area contributed by atoms with Crippen molar-refractivity contribution in [2.45, 2.75) is 13.2 Å². The zero-order chi connectivity index (χ0) is 16.1. The highest BCUT2D eigenvalue weighted by Crippen LogP contribution is 2.14. The van der Waals surface area contributed by atoms with Gasteiger partial charge in [-0.15, -0.1) is 5.10 Å². The van der Waals surface area contributed by atoms with Crippen LogP contribution in [0.25, 0.3) is 0 Å². The van der Waals surface area contributed by atoms with Crippen LogP contribution >= 0.6 is 15.9 Å². The highest BCUT2D eigenvalue weighted by atomic mass is 79.9. The molecule has 0 bridgehead atoms. The fourth-order valence-electron chi connectivity index (χ4n) is 2.06. The summed E-state index contributed by atoms with van der Waals surface area (Å²) in [6.45, 7) is 0.995. The van der Waals surface area contributed by atoms with Crippen LogP contribution in [0.1, 0.15) is 21.6 Å². The number of halogens is 1. The Morgan fingerprint density at radius 1 is 1.09 bits per heavy atom. The van der Waals surface area contributed by atoms with Crippen molar-refractivity contribution in [3.05, 3.63) is 76.0 Å². The normalized spacial score (nSPS) is 10.5. The van der Waals surface area contributed by atoms with Crippen molar-refractivity contribution in [2.75, 3.05) is 0 Å². The Morgan fingerprint density at radius 2 is 1.83 bits per heavy atom. The minimum Gasteiger partial charge on any atom is -0.487 e. The predicted molar refractivity (Wildman–Crippen MR) is 89.4 cm³/mol. The van der Waals surface area contributed by atoms with Gasteiger partial charge in [0.15, 0.2) is 0 Å². The fourth-order valence-corrected chi connectivity index (χ4v) is 2.32. The van der Waals surface area contributed by atoms with Crippen molar-refractivity contribution >= 4 is 22.2 Å². The summed E-state index contributed by atoms with van der Waals surface area (Å²) in [5.41, 5.74) is 2.52. The molecule has 0 atom stereocenters. The SMILES string of the molecule is O=Cc1ccc(OCc2cn(Cc3ccc(Br)cc3)nn2)cc1. The molecule has 2 aromatic carbocycles. The van der Waals surface area contributed by atoms with Crippen LogP contribution in [-0.4, -0.2) is 21.3 Å². The Kier molecular flexibility index (Phi) is 4.83. The van der Waals surface area contributed by atoms with Crippen LogP contribution in [0.2, 0.25) is 0 Å². The van der Waals surface area contributed by atoms with Gasteiger partial charge in [0.2, 0.25) is 0 Å². The number of carbonyl (C=O) groups excluding carboxylic acids is 1. The van der Waals surface area contributed by atoms with E-state index < -0.39 is 0 Å². The van der Waals surface area contributed by atoms with E-state index in [9.17, 15) is 4.79 Å². The topological polar surface area (TPSA) is 57.0 Å². The van der Waals surface area contributed by atoms with Crippen molar-refractivity contribution in [3.63, 3.8) is 0 Å². The van der Waals surface area contributed by atoms with E-state index in [0.29, 0.717) is 24.5 Å². The second-order valence-corrected chi connectivity index (χ2v) is 5.93. The van der Waals surface area contributed by atoms with Crippen LogP contribution in [0.15, 0.2) is 59.2 Å². The number of aromatic nitrogens is 3. The summed E-state index contributed by atoms with van der Waals surface area (Å²) >= 11 is 3.42. The molecule has 3 aromatic rings. The van der Waals surface area contributed by atoms with E-state index in [1.165, 1.54) is 0 Å².